The molecule has 1 rings (SSSR count). The summed E-state index contributed by atoms with van der Waals surface area (Å²) >= 11 is 0. The fourth-order valence-electron chi connectivity index (χ4n) is 1.92. The second-order valence-electron chi connectivity index (χ2n) is 5.31. The molecule has 0 aliphatic heterocycles. The molecule has 2 unspecified atom stereocenters. The van der Waals surface area contributed by atoms with Crippen LogP contribution in [0.5, 0.6) is 0 Å². The van der Waals surface area contributed by atoms with E-state index in [1.807, 2.05) is 14.0 Å². The van der Waals surface area contributed by atoms with Gasteiger partial charge in [0.15, 0.2) is 0 Å². The molecule has 0 saturated carbocycles. The maximum Gasteiger partial charge on any atom is 0.138 e. The maximum atomic E-state index is 10.3. The summed E-state index contributed by atoms with van der Waals surface area (Å²) in [6.45, 7) is 8.72. The molecule has 2 atom stereocenters. The summed E-state index contributed by atoms with van der Waals surface area (Å²) in [5, 5.41) is 14.3. The van der Waals surface area contributed by atoms with Crippen LogP contribution >= 0.6 is 0 Å². The SMILES string of the molecule is CCOC(C(O)Cc1ncnn1C)C(C)(C)C. The summed E-state index contributed by atoms with van der Waals surface area (Å²) in [7, 11) is 1.82. The fraction of sp³-hybridized carbons (Fsp3) is 0.833. The van der Waals surface area contributed by atoms with Crippen molar-refractivity contribution in [1.82, 2.24) is 14.8 Å². The van der Waals surface area contributed by atoms with Crippen molar-refractivity contribution in [2.45, 2.75) is 46.3 Å². The normalized spacial score (nSPS) is 15.9. The van der Waals surface area contributed by atoms with Crippen LogP contribution in [0.15, 0.2) is 6.33 Å². The van der Waals surface area contributed by atoms with E-state index >= 15 is 0 Å². The molecule has 1 aromatic heterocycles. The highest BCUT2D eigenvalue weighted by molar-refractivity contribution is 4.92. The number of aliphatic hydroxyl groups excluding tert-OH is 1. The van der Waals surface area contributed by atoms with E-state index in [0.29, 0.717) is 13.0 Å². The second kappa shape index (κ2) is 5.60. The first-order valence-corrected chi connectivity index (χ1v) is 5.98. The number of ether oxygens (including phenoxy) is 1. The molecule has 1 N–H and O–H groups in total. The molecule has 0 aliphatic carbocycles. The van der Waals surface area contributed by atoms with Crippen molar-refractivity contribution in [2.75, 3.05) is 6.61 Å². The van der Waals surface area contributed by atoms with E-state index in [9.17, 15) is 5.11 Å². The summed E-state index contributed by atoms with van der Waals surface area (Å²) in [5.41, 5.74) is -0.103. The molecule has 17 heavy (non-hydrogen) atoms. The summed E-state index contributed by atoms with van der Waals surface area (Å²) in [6.07, 6.45) is 1.18. The molecule has 1 heterocycles. The Bertz CT molecular complexity index is 344. The molecule has 0 bridgehead atoms. The van der Waals surface area contributed by atoms with Crippen LogP contribution in [0.25, 0.3) is 0 Å². The standard InChI is InChI=1S/C12H23N3O2/c1-6-17-11(12(2,3)4)9(16)7-10-13-8-14-15(10)5/h8-9,11,16H,6-7H2,1-5H3. The van der Waals surface area contributed by atoms with Crippen LogP contribution in [0.1, 0.15) is 33.5 Å². The third-order valence-corrected chi connectivity index (χ3v) is 2.75. The molecule has 0 fully saturated rings. The number of aryl methyl sites for hydroxylation is 1. The summed E-state index contributed by atoms with van der Waals surface area (Å²) in [4.78, 5) is 4.12. The quantitative estimate of drug-likeness (QED) is 0.840. The van der Waals surface area contributed by atoms with Crippen molar-refractivity contribution in [3.05, 3.63) is 12.2 Å². The monoisotopic (exact) mass is 241 g/mol. The lowest BCUT2D eigenvalue weighted by Gasteiger charge is -2.33. The summed E-state index contributed by atoms with van der Waals surface area (Å²) in [5.74, 6) is 0.770. The lowest BCUT2D eigenvalue weighted by atomic mass is 9.84. The molecule has 5 nitrogen and oxygen atoms in total. The van der Waals surface area contributed by atoms with E-state index in [-0.39, 0.29) is 11.5 Å². The highest BCUT2D eigenvalue weighted by Crippen LogP contribution is 2.26. The minimum Gasteiger partial charge on any atom is -0.390 e. The third kappa shape index (κ3) is 3.78. The van der Waals surface area contributed by atoms with E-state index < -0.39 is 6.10 Å². The predicted octanol–water partition coefficient (Wildman–Crippen LogP) is 1.17. The van der Waals surface area contributed by atoms with Gasteiger partial charge in [-0.05, 0) is 12.3 Å². The first-order chi connectivity index (χ1) is 7.86. The minimum absolute atomic E-state index is 0.103. The Labute approximate surface area is 103 Å². The highest BCUT2D eigenvalue weighted by atomic mass is 16.5. The number of aromatic nitrogens is 3. The largest absolute Gasteiger partial charge is 0.390 e. The van der Waals surface area contributed by atoms with Crippen LogP contribution in [0.3, 0.4) is 0 Å². The maximum absolute atomic E-state index is 10.3. The number of aliphatic hydroxyl groups is 1. The number of hydrogen-bond acceptors (Lipinski definition) is 4. The van der Waals surface area contributed by atoms with Crippen LogP contribution in [0.4, 0.5) is 0 Å². The number of rotatable bonds is 5. The van der Waals surface area contributed by atoms with Gasteiger partial charge in [0.25, 0.3) is 0 Å². The predicted molar refractivity (Wildman–Crippen MR) is 65.6 cm³/mol. The van der Waals surface area contributed by atoms with Crippen molar-refractivity contribution in [2.24, 2.45) is 12.5 Å². The Morgan fingerprint density at radius 1 is 1.47 bits per heavy atom. The fourth-order valence-corrected chi connectivity index (χ4v) is 1.92. The second-order valence-corrected chi connectivity index (χ2v) is 5.31. The van der Waals surface area contributed by atoms with Crippen molar-refractivity contribution >= 4 is 0 Å². The van der Waals surface area contributed by atoms with Gasteiger partial charge in [0.1, 0.15) is 12.2 Å². The lowest BCUT2D eigenvalue weighted by molar-refractivity contribution is -0.0881. The van der Waals surface area contributed by atoms with Crippen LogP contribution in [-0.2, 0) is 18.2 Å². The smallest absolute Gasteiger partial charge is 0.138 e. The van der Waals surface area contributed by atoms with Gasteiger partial charge in [-0.15, -0.1) is 0 Å². The average molecular weight is 241 g/mol. The molecular weight excluding hydrogens is 218 g/mol. The number of hydrogen-bond donors (Lipinski definition) is 1. The van der Waals surface area contributed by atoms with E-state index in [1.165, 1.54) is 6.33 Å². The molecule has 98 valence electrons. The van der Waals surface area contributed by atoms with Crippen LogP contribution < -0.4 is 0 Å². The van der Waals surface area contributed by atoms with Crippen LogP contribution in [0, 0.1) is 5.41 Å². The van der Waals surface area contributed by atoms with Gasteiger partial charge in [-0.25, -0.2) is 4.98 Å². The molecule has 0 aromatic carbocycles. The Balaban J connectivity index is 2.72. The molecule has 0 aliphatic rings. The van der Waals surface area contributed by atoms with Gasteiger partial charge in [0.05, 0.1) is 12.2 Å². The van der Waals surface area contributed by atoms with Gasteiger partial charge in [0.2, 0.25) is 0 Å². The minimum atomic E-state index is -0.571. The van der Waals surface area contributed by atoms with E-state index in [2.05, 4.69) is 30.9 Å². The zero-order valence-electron chi connectivity index (χ0n) is 11.3. The van der Waals surface area contributed by atoms with Crippen LogP contribution in [0.2, 0.25) is 0 Å². The van der Waals surface area contributed by atoms with Gasteiger partial charge in [-0.2, -0.15) is 5.10 Å². The first-order valence-electron chi connectivity index (χ1n) is 5.98. The van der Waals surface area contributed by atoms with E-state index in [0.717, 1.165) is 5.82 Å². The highest BCUT2D eigenvalue weighted by Gasteiger charge is 2.32. The van der Waals surface area contributed by atoms with Crippen molar-refractivity contribution in [1.29, 1.82) is 0 Å². The topological polar surface area (TPSA) is 60.2 Å². The van der Waals surface area contributed by atoms with Gasteiger partial charge in [-0.1, -0.05) is 20.8 Å². The van der Waals surface area contributed by atoms with Crippen molar-refractivity contribution in [3.63, 3.8) is 0 Å². The molecule has 0 radical (unpaired) electrons. The number of nitrogens with zero attached hydrogens (tertiary/aromatic N) is 3. The molecule has 0 amide bonds. The Hall–Kier alpha value is -0.940. The van der Waals surface area contributed by atoms with Crippen LogP contribution in [-0.4, -0.2) is 38.7 Å². The lowest BCUT2D eigenvalue weighted by Crippen LogP contribution is -2.41. The van der Waals surface area contributed by atoms with Gasteiger partial charge in [0, 0.05) is 20.1 Å². The summed E-state index contributed by atoms with van der Waals surface area (Å²) in [6, 6.07) is 0. The Morgan fingerprint density at radius 2 is 2.12 bits per heavy atom. The first kappa shape index (κ1) is 14.1. The molecule has 0 saturated heterocycles. The van der Waals surface area contributed by atoms with Gasteiger partial charge < -0.3 is 9.84 Å². The van der Waals surface area contributed by atoms with E-state index in [4.69, 9.17) is 4.74 Å². The van der Waals surface area contributed by atoms with Gasteiger partial charge >= 0.3 is 0 Å². The van der Waals surface area contributed by atoms with Crippen molar-refractivity contribution < 1.29 is 9.84 Å². The molecule has 5 heteroatoms. The summed E-state index contributed by atoms with van der Waals surface area (Å²) < 4.78 is 7.32. The zero-order chi connectivity index (χ0) is 13.1. The Morgan fingerprint density at radius 3 is 2.53 bits per heavy atom. The third-order valence-electron chi connectivity index (χ3n) is 2.75. The average Bonchev–Trinajstić information content (AvgIpc) is 2.59. The zero-order valence-corrected chi connectivity index (χ0v) is 11.3. The molecule has 1 aromatic rings. The molecular formula is C12H23N3O2. The van der Waals surface area contributed by atoms with Gasteiger partial charge in [-0.3, -0.25) is 4.68 Å². The Kier molecular flexibility index (Phi) is 4.65. The van der Waals surface area contributed by atoms with Crippen molar-refractivity contribution in [3.8, 4) is 0 Å². The van der Waals surface area contributed by atoms with E-state index in [1.54, 1.807) is 4.68 Å². The molecule has 0 spiro atoms.